The molecule has 0 aliphatic rings. The summed E-state index contributed by atoms with van der Waals surface area (Å²) < 4.78 is 51.8. The number of carbonyl (C=O) groups is 1. The molecule has 0 radical (unpaired) electrons. The van der Waals surface area contributed by atoms with Crippen molar-refractivity contribution in [2.75, 3.05) is 12.4 Å². The zero-order chi connectivity index (χ0) is 24.3. The van der Waals surface area contributed by atoms with Crippen LogP contribution in [0, 0.1) is 25.2 Å². The van der Waals surface area contributed by atoms with E-state index in [0.717, 1.165) is 5.56 Å². The van der Waals surface area contributed by atoms with E-state index in [1.807, 2.05) is 19.1 Å². The second kappa shape index (κ2) is 9.43. The molecule has 3 aromatic rings. The molecule has 0 bridgehead atoms. The maximum Gasteiger partial charge on any atom is 0.417 e. The van der Waals surface area contributed by atoms with Crippen LogP contribution in [-0.4, -0.2) is 13.0 Å². The first-order valence-electron chi connectivity index (χ1n) is 9.59. The number of benzene rings is 3. The quantitative estimate of drug-likeness (QED) is 0.436. The fourth-order valence-electron chi connectivity index (χ4n) is 3.19. The number of anilines is 1. The van der Waals surface area contributed by atoms with Gasteiger partial charge in [0, 0.05) is 11.8 Å². The van der Waals surface area contributed by atoms with Gasteiger partial charge in [-0.1, -0.05) is 23.7 Å². The molecular weight excluding hydrogens is 457 g/mol. The fraction of sp³-hybridized carbons (Fsp3) is 0.167. The van der Waals surface area contributed by atoms with E-state index in [1.165, 1.54) is 32.2 Å². The summed E-state index contributed by atoms with van der Waals surface area (Å²) in [7, 11) is 1.32. The van der Waals surface area contributed by atoms with E-state index >= 15 is 0 Å². The van der Waals surface area contributed by atoms with Crippen molar-refractivity contribution in [2.45, 2.75) is 20.0 Å². The molecule has 0 aromatic heterocycles. The number of nitrogens with one attached hydrogen (secondary N) is 1. The van der Waals surface area contributed by atoms with Crippen LogP contribution in [0.4, 0.5) is 18.9 Å². The number of nitrogens with zero attached hydrogens (tertiary/aromatic N) is 1. The van der Waals surface area contributed by atoms with Crippen LogP contribution in [-0.2, 0) is 6.18 Å². The number of rotatable bonds is 5. The highest BCUT2D eigenvalue weighted by Gasteiger charge is 2.37. The predicted octanol–water partition coefficient (Wildman–Crippen LogP) is 6.90. The van der Waals surface area contributed by atoms with Crippen LogP contribution in [0.15, 0.2) is 48.5 Å². The fourth-order valence-corrected chi connectivity index (χ4v) is 3.44. The molecule has 3 aromatic carbocycles. The van der Waals surface area contributed by atoms with Gasteiger partial charge in [-0.3, -0.25) is 4.79 Å². The van der Waals surface area contributed by atoms with Gasteiger partial charge in [-0.25, -0.2) is 0 Å². The van der Waals surface area contributed by atoms with Crippen molar-refractivity contribution in [1.29, 1.82) is 5.26 Å². The molecule has 0 fully saturated rings. The molecule has 0 atom stereocenters. The molecule has 0 heterocycles. The third kappa shape index (κ3) is 5.21. The number of halogens is 4. The standard InChI is InChI=1S/C24H18ClF3N2O3/c1-13-5-4-6-16(9-13)30-23(31)21-14(2)22(25)17(24(26,27)28)11-20(21)33-18-8-7-15(12-29)10-19(18)32-3/h4-11H,1-3H3,(H,30,31). The lowest BCUT2D eigenvalue weighted by molar-refractivity contribution is -0.137. The molecule has 1 amide bonds. The summed E-state index contributed by atoms with van der Waals surface area (Å²) in [5.41, 5.74) is 0.197. The lowest BCUT2D eigenvalue weighted by atomic mass is 10.0. The Bertz CT molecular complexity index is 1270. The number of hydrogen-bond donors (Lipinski definition) is 1. The zero-order valence-electron chi connectivity index (χ0n) is 17.8. The van der Waals surface area contributed by atoms with E-state index in [1.54, 1.807) is 18.2 Å². The number of alkyl halides is 3. The first-order valence-corrected chi connectivity index (χ1v) is 9.97. The van der Waals surface area contributed by atoms with Crippen molar-refractivity contribution >= 4 is 23.2 Å². The predicted molar refractivity (Wildman–Crippen MR) is 118 cm³/mol. The highest BCUT2D eigenvalue weighted by atomic mass is 35.5. The van der Waals surface area contributed by atoms with Crippen LogP contribution in [0.5, 0.6) is 17.2 Å². The zero-order valence-corrected chi connectivity index (χ0v) is 18.6. The Balaban J connectivity index is 2.15. The maximum atomic E-state index is 13.6. The molecule has 5 nitrogen and oxygen atoms in total. The average molecular weight is 475 g/mol. The van der Waals surface area contributed by atoms with Crippen molar-refractivity contribution in [1.82, 2.24) is 0 Å². The summed E-state index contributed by atoms with van der Waals surface area (Å²) in [5.74, 6) is -0.926. The summed E-state index contributed by atoms with van der Waals surface area (Å²) in [6.45, 7) is 3.15. The van der Waals surface area contributed by atoms with Crippen LogP contribution in [0.1, 0.15) is 32.6 Å². The van der Waals surface area contributed by atoms with Gasteiger partial charge >= 0.3 is 6.18 Å². The topological polar surface area (TPSA) is 71.3 Å². The molecule has 0 unspecified atom stereocenters. The van der Waals surface area contributed by atoms with Crippen LogP contribution in [0.3, 0.4) is 0 Å². The molecule has 0 aliphatic heterocycles. The Morgan fingerprint density at radius 2 is 1.79 bits per heavy atom. The first kappa shape index (κ1) is 24.0. The minimum atomic E-state index is -4.78. The number of aryl methyl sites for hydroxylation is 1. The number of amides is 1. The van der Waals surface area contributed by atoms with Gasteiger partial charge in [-0.05, 0) is 55.3 Å². The molecule has 0 aliphatic carbocycles. The lowest BCUT2D eigenvalue weighted by Crippen LogP contribution is -2.17. The normalized spacial score (nSPS) is 11.0. The van der Waals surface area contributed by atoms with Crippen molar-refractivity contribution in [3.05, 3.63) is 81.4 Å². The summed E-state index contributed by atoms with van der Waals surface area (Å²) in [6.07, 6.45) is -4.78. The van der Waals surface area contributed by atoms with Gasteiger partial charge < -0.3 is 14.8 Å². The molecule has 1 N–H and O–H groups in total. The average Bonchev–Trinajstić information content (AvgIpc) is 2.75. The minimum absolute atomic E-state index is 0.0240. The van der Waals surface area contributed by atoms with Crippen molar-refractivity contribution < 1.29 is 27.4 Å². The second-order valence-corrected chi connectivity index (χ2v) is 7.52. The summed E-state index contributed by atoms with van der Waals surface area (Å²) in [6, 6.07) is 13.7. The summed E-state index contributed by atoms with van der Waals surface area (Å²) in [5, 5.41) is 11.1. The van der Waals surface area contributed by atoms with Crippen LogP contribution in [0.2, 0.25) is 5.02 Å². The van der Waals surface area contributed by atoms with Crippen molar-refractivity contribution in [2.24, 2.45) is 0 Å². The molecule has 33 heavy (non-hydrogen) atoms. The van der Waals surface area contributed by atoms with Gasteiger partial charge in [0.15, 0.2) is 11.5 Å². The van der Waals surface area contributed by atoms with E-state index in [2.05, 4.69) is 5.32 Å². The third-order valence-corrected chi connectivity index (χ3v) is 5.27. The Hall–Kier alpha value is -3.70. The Labute approximate surface area is 193 Å². The summed E-state index contributed by atoms with van der Waals surface area (Å²) in [4.78, 5) is 13.1. The van der Waals surface area contributed by atoms with Gasteiger partial charge in [0.05, 0.1) is 34.9 Å². The second-order valence-electron chi connectivity index (χ2n) is 7.14. The molecule has 9 heteroatoms. The van der Waals surface area contributed by atoms with Gasteiger partial charge in [0.25, 0.3) is 5.91 Å². The highest BCUT2D eigenvalue weighted by Crippen LogP contribution is 2.43. The Kier molecular flexibility index (Phi) is 6.84. The number of methoxy groups -OCH3 is 1. The molecular formula is C24H18ClF3N2O3. The van der Waals surface area contributed by atoms with Crippen LogP contribution in [0.25, 0.3) is 0 Å². The monoisotopic (exact) mass is 474 g/mol. The number of hydrogen-bond acceptors (Lipinski definition) is 4. The van der Waals surface area contributed by atoms with Crippen molar-refractivity contribution in [3.63, 3.8) is 0 Å². The molecule has 0 saturated carbocycles. The maximum absolute atomic E-state index is 13.6. The van der Waals surface area contributed by atoms with Gasteiger partial charge in [-0.15, -0.1) is 0 Å². The van der Waals surface area contributed by atoms with E-state index in [4.69, 9.17) is 26.3 Å². The third-order valence-electron chi connectivity index (χ3n) is 4.78. The van der Waals surface area contributed by atoms with Gasteiger partial charge in [-0.2, -0.15) is 18.4 Å². The molecule has 0 saturated heterocycles. The molecule has 170 valence electrons. The number of ether oxygens (including phenoxy) is 2. The van der Waals surface area contributed by atoms with E-state index in [0.29, 0.717) is 11.8 Å². The van der Waals surface area contributed by atoms with Crippen molar-refractivity contribution in [3.8, 4) is 23.3 Å². The van der Waals surface area contributed by atoms with Crippen LogP contribution < -0.4 is 14.8 Å². The Morgan fingerprint density at radius 1 is 1.06 bits per heavy atom. The lowest BCUT2D eigenvalue weighted by Gasteiger charge is -2.20. The summed E-state index contributed by atoms with van der Waals surface area (Å²) >= 11 is 6.01. The van der Waals surface area contributed by atoms with Crippen LogP contribution >= 0.6 is 11.6 Å². The van der Waals surface area contributed by atoms with E-state index < -0.39 is 22.7 Å². The first-order chi connectivity index (χ1) is 15.5. The number of nitriles is 1. The number of carbonyl (C=O) groups excluding carboxylic acids is 1. The minimum Gasteiger partial charge on any atom is -0.493 e. The highest BCUT2D eigenvalue weighted by molar-refractivity contribution is 6.33. The van der Waals surface area contributed by atoms with Gasteiger partial charge in [0.2, 0.25) is 0 Å². The largest absolute Gasteiger partial charge is 0.493 e. The van der Waals surface area contributed by atoms with E-state index in [9.17, 15) is 18.0 Å². The van der Waals surface area contributed by atoms with Gasteiger partial charge in [0.1, 0.15) is 5.75 Å². The Morgan fingerprint density at radius 3 is 2.39 bits per heavy atom. The SMILES string of the molecule is COc1cc(C#N)ccc1Oc1cc(C(F)(F)F)c(Cl)c(C)c1C(=O)Nc1cccc(C)c1. The smallest absolute Gasteiger partial charge is 0.417 e. The van der Waals surface area contributed by atoms with E-state index in [-0.39, 0.29) is 33.9 Å². The molecule has 3 rings (SSSR count). The molecule has 0 spiro atoms.